The molecule has 1 saturated heterocycles. The Morgan fingerprint density at radius 1 is 0.676 bits per heavy atom. The fourth-order valence-electron chi connectivity index (χ4n) is 5.02. The van der Waals surface area contributed by atoms with Crippen molar-refractivity contribution in [3.8, 4) is 0 Å². The van der Waals surface area contributed by atoms with Gasteiger partial charge in [0.1, 0.15) is 0 Å². The van der Waals surface area contributed by atoms with Gasteiger partial charge >= 0.3 is 6.03 Å². The van der Waals surface area contributed by atoms with Gasteiger partial charge in [-0.2, -0.15) is 0 Å². The number of amides is 4. The lowest BCUT2D eigenvalue weighted by Crippen LogP contribution is -2.70. The number of barbiturate groups is 1. The largest absolute Gasteiger partial charge is 0.373 e. The number of imide groups is 2. The first-order valence-electron chi connectivity index (χ1n) is 11.4. The van der Waals surface area contributed by atoms with Crippen molar-refractivity contribution in [3.63, 3.8) is 0 Å². The Morgan fingerprint density at radius 2 is 1.15 bits per heavy atom. The number of rotatable bonds is 2. The van der Waals surface area contributed by atoms with Gasteiger partial charge in [-0.3, -0.25) is 9.59 Å². The molecule has 0 aromatic heterocycles. The average molecular weight is 454 g/mol. The Balaban J connectivity index is 1.70. The Bertz CT molecular complexity index is 1240. The maximum Gasteiger partial charge on any atom is 0.342 e. The molecule has 0 saturated carbocycles. The van der Waals surface area contributed by atoms with Crippen molar-refractivity contribution in [1.82, 2.24) is 0 Å². The summed E-state index contributed by atoms with van der Waals surface area (Å²) in [6.07, 6.45) is 0.240. The second-order valence-electron chi connectivity index (χ2n) is 9.48. The van der Waals surface area contributed by atoms with Crippen molar-refractivity contribution in [3.05, 3.63) is 89.0 Å². The number of aryl methyl sites for hydroxylation is 3. The van der Waals surface area contributed by atoms with Gasteiger partial charge in [-0.05, 0) is 63.1 Å². The van der Waals surface area contributed by atoms with E-state index in [0.717, 1.165) is 27.9 Å². The molecule has 3 aromatic carbocycles. The molecule has 172 valence electrons. The molecule has 2 aliphatic heterocycles. The minimum Gasteiger partial charge on any atom is -0.373 e. The van der Waals surface area contributed by atoms with Crippen LogP contribution in [0.4, 0.5) is 21.9 Å². The van der Waals surface area contributed by atoms with Crippen molar-refractivity contribution in [2.75, 3.05) is 28.3 Å². The molecule has 34 heavy (non-hydrogen) atoms. The van der Waals surface area contributed by atoms with Crippen LogP contribution in [0.1, 0.15) is 22.3 Å². The van der Waals surface area contributed by atoms with Gasteiger partial charge in [0.2, 0.25) is 0 Å². The molecule has 0 N–H and O–H groups in total. The van der Waals surface area contributed by atoms with Gasteiger partial charge in [0.25, 0.3) is 11.8 Å². The standard InChI is InChI=1S/C28H27N3O3/c1-18-5-10-22(11-6-18)30-25(32)28(16-21-15-20(3)9-14-24(21)29(4)17-28)26(33)31(27(30)34)23-12-7-19(2)8-13-23/h5-15H,16-17H2,1-4H3. The monoisotopic (exact) mass is 453 g/mol. The molecule has 4 amide bonds. The van der Waals surface area contributed by atoms with Crippen molar-refractivity contribution in [1.29, 1.82) is 0 Å². The van der Waals surface area contributed by atoms with Crippen molar-refractivity contribution in [2.45, 2.75) is 27.2 Å². The summed E-state index contributed by atoms with van der Waals surface area (Å²) in [5.41, 5.74) is 4.52. The van der Waals surface area contributed by atoms with Crippen LogP contribution in [0.2, 0.25) is 0 Å². The molecule has 1 spiro atoms. The molecular formula is C28H27N3O3. The van der Waals surface area contributed by atoms with E-state index in [4.69, 9.17) is 0 Å². The quantitative estimate of drug-likeness (QED) is 0.524. The molecule has 1 fully saturated rings. The molecular weight excluding hydrogens is 426 g/mol. The maximum atomic E-state index is 14.1. The molecule has 0 bridgehead atoms. The van der Waals surface area contributed by atoms with Crippen LogP contribution in [-0.2, 0) is 16.0 Å². The highest BCUT2D eigenvalue weighted by Gasteiger charge is 2.60. The van der Waals surface area contributed by atoms with Crippen molar-refractivity contribution < 1.29 is 14.4 Å². The molecule has 5 rings (SSSR count). The highest BCUT2D eigenvalue weighted by molar-refractivity contribution is 6.38. The van der Waals surface area contributed by atoms with E-state index in [2.05, 4.69) is 0 Å². The summed E-state index contributed by atoms with van der Waals surface area (Å²) >= 11 is 0. The first kappa shape index (κ1) is 21.9. The van der Waals surface area contributed by atoms with Crippen LogP contribution in [0.25, 0.3) is 0 Å². The summed E-state index contributed by atoms with van der Waals surface area (Å²) in [6.45, 7) is 6.08. The highest BCUT2D eigenvalue weighted by Crippen LogP contribution is 2.43. The van der Waals surface area contributed by atoms with Crippen LogP contribution in [0.3, 0.4) is 0 Å². The zero-order valence-corrected chi connectivity index (χ0v) is 19.8. The summed E-state index contributed by atoms with van der Waals surface area (Å²) < 4.78 is 0. The molecule has 2 heterocycles. The summed E-state index contributed by atoms with van der Waals surface area (Å²) in [5.74, 6) is -0.956. The number of benzene rings is 3. The third-order valence-corrected chi connectivity index (χ3v) is 6.84. The Morgan fingerprint density at radius 3 is 1.65 bits per heavy atom. The second-order valence-corrected chi connectivity index (χ2v) is 9.48. The average Bonchev–Trinajstić information content (AvgIpc) is 2.80. The summed E-state index contributed by atoms with van der Waals surface area (Å²) in [5, 5.41) is 0. The minimum atomic E-state index is -1.42. The van der Waals surface area contributed by atoms with E-state index in [9.17, 15) is 14.4 Å². The van der Waals surface area contributed by atoms with E-state index >= 15 is 0 Å². The first-order valence-corrected chi connectivity index (χ1v) is 11.4. The van der Waals surface area contributed by atoms with Gasteiger partial charge in [-0.25, -0.2) is 14.6 Å². The zero-order chi connectivity index (χ0) is 24.2. The second kappa shape index (κ2) is 7.83. The first-order chi connectivity index (χ1) is 16.2. The third kappa shape index (κ3) is 3.29. The Hall–Kier alpha value is -3.93. The zero-order valence-electron chi connectivity index (χ0n) is 19.8. The van der Waals surface area contributed by atoms with E-state index < -0.39 is 23.3 Å². The van der Waals surface area contributed by atoms with E-state index in [1.165, 1.54) is 9.80 Å². The Kier molecular flexibility index (Phi) is 5.04. The highest BCUT2D eigenvalue weighted by atomic mass is 16.2. The van der Waals surface area contributed by atoms with Gasteiger partial charge in [0, 0.05) is 19.3 Å². The predicted octanol–water partition coefficient (Wildman–Crippen LogP) is 4.79. The topological polar surface area (TPSA) is 60.9 Å². The fourth-order valence-corrected chi connectivity index (χ4v) is 5.02. The number of anilines is 3. The smallest absolute Gasteiger partial charge is 0.342 e. The Labute approximate surface area is 199 Å². The third-order valence-electron chi connectivity index (χ3n) is 6.84. The summed E-state index contributed by atoms with van der Waals surface area (Å²) in [7, 11) is 1.89. The molecule has 0 radical (unpaired) electrons. The number of fused-ring (bicyclic) bond motifs is 1. The van der Waals surface area contributed by atoms with E-state index in [-0.39, 0.29) is 13.0 Å². The summed E-state index contributed by atoms with van der Waals surface area (Å²) in [4.78, 5) is 46.2. The van der Waals surface area contributed by atoms with Gasteiger partial charge in [0.15, 0.2) is 5.41 Å². The van der Waals surface area contributed by atoms with Crippen LogP contribution in [-0.4, -0.2) is 31.4 Å². The normalized spacial score (nSPS) is 17.4. The lowest BCUT2D eigenvalue weighted by Gasteiger charge is -2.48. The van der Waals surface area contributed by atoms with E-state index in [1.54, 1.807) is 24.3 Å². The molecule has 0 atom stereocenters. The van der Waals surface area contributed by atoms with Crippen LogP contribution in [0.5, 0.6) is 0 Å². The summed E-state index contributed by atoms with van der Waals surface area (Å²) in [6, 6.07) is 19.9. The van der Waals surface area contributed by atoms with E-state index in [0.29, 0.717) is 11.4 Å². The lowest BCUT2D eigenvalue weighted by atomic mass is 9.73. The minimum absolute atomic E-state index is 0.193. The van der Waals surface area contributed by atoms with Crippen LogP contribution < -0.4 is 14.7 Å². The van der Waals surface area contributed by atoms with E-state index in [1.807, 2.05) is 75.2 Å². The molecule has 6 heteroatoms. The molecule has 6 nitrogen and oxygen atoms in total. The van der Waals surface area contributed by atoms with Gasteiger partial charge in [-0.1, -0.05) is 53.1 Å². The number of hydrogen-bond acceptors (Lipinski definition) is 4. The molecule has 0 unspecified atom stereocenters. The molecule has 2 aliphatic rings. The van der Waals surface area contributed by atoms with Crippen molar-refractivity contribution >= 4 is 34.9 Å². The number of carbonyl (C=O) groups excluding carboxylic acids is 3. The number of hydrogen-bond donors (Lipinski definition) is 0. The van der Waals surface area contributed by atoms with Gasteiger partial charge in [-0.15, -0.1) is 0 Å². The molecule has 0 aliphatic carbocycles. The lowest BCUT2D eigenvalue weighted by molar-refractivity contribution is -0.140. The number of carbonyl (C=O) groups is 3. The van der Waals surface area contributed by atoms with Crippen LogP contribution in [0.15, 0.2) is 66.7 Å². The predicted molar refractivity (Wildman–Crippen MR) is 133 cm³/mol. The van der Waals surface area contributed by atoms with Gasteiger partial charge < -0.3 is 4.90 Å². The van der Waals surface area contributed by atoms with Crippen LogP contribution >= 0.6 is 0 Å². The SMILES string of the molecule is Cc1ccc(N2C(=O)N(c3ccc(C)cc3)C(=O)C3(Cc4cc(C)ccc4N(C)C3)C2=O)cc1. The van der Waals surface area contributed by atoms with Gasteiger partial charge in [0.05, 0.1) is 11.4 Å². The number of urea groups is 1. The molecule has 3 aromatic rings. The number of nitrogens with zero attached hydrogens (tertiary/aromatic N) is 3. The van der Waals surface area contributed by atoms with Crippen LogP contribution in [0, 0.1) is 26.2 Å². The fraction of sp³-hybridized carbons (Fsp3) is 0.250. The maximum absolute atomic E-state index is 14.1. The van der Waals surface area contributed by atoms with Crippen molar-refractivity contribution in [2.24, 2.45) is 5.41 Å².